The highest BCUT2D eigenvalue weighted by molar-refractivity contribution is 5.77. The van der Waals surface area contributed by atoms with Crippen molar-refractivity contribution in [3.63, 3.8) is 0 Å². The van der Waals surface area contributed by atoms with Crippen molar-refractivity contribution in [2.75, 3.05) is 32.7 Å². The number of nitrogens with zero attached hydrogens (tertiary/aromatic N) is 1. The lowest BCUT2D eigenvalue weighted by Crippen LogP contribution is -2.36. The maximum atomic E-state index is 12.6. The van der Waals surface area contributed by atoms with E-state index in [0.717, 1.165) is 11.1 Å². The number of benzene rings is 2. The van der Waals surface area contributed by atoms with Crippen LogP contribution in [-0.4, -0.2) is 55.7 Å². The molecule has 0 aliphatic heterocycles. The second-order valence-electron chi connectivity index (χ2n) is 7.63. The van der Waals surface area contributed by atoms with Crippen molar-refractivity contribution in [2.24, 2.45) is 5.73 Å². The van der Waals surface area contributed by atoms with Gasteiger partial charge in [0.25, 0.3) is 0 Å². The Morgan fingerprint density at radius 2 is 1.29 bits per heavy atom. The first-order valence-corrected chi connectivity index (χ1v) is 11.5. The van der Waals surface area contributed by atoms with E-state index >= 15 is 0 Å². The van der Waals surface area contributed by atoms with E-state index in [4.69, 9.17) is 15.2 Å². The predicted octanol–water partition coefficient (Wildman–Crippen LogP) is 2.80. The first-order chi connectivity index (χ1) is 16.6. The van der Waals surface area contributed by atoms with Crippen LogP contribution in [0.5, 0.6) is 0 Å². The topological polar surface area (TPSA) is 123 Å². The summed E-state index contributed by atoms with van der Waals surface area (Å²) in [7, 11) is 0. The van der Waals surface area contributed by atoms with Gasteiger partial charge in [-0.15, -0.1) is 0 Å². The Labute approximate surface area is 200 Å². The van der Waals surface area contributed by atoms with Crippen molar-refractivity contribution in [1.29, 1.82) is 0 Å². The number of nitrogens with one attached hydrogen (secondary N) is 2. The second kappa shape index (κ2) is 16.1. The number of hydrogen-bond acceptors (Lipinski definition) is 6. The molecule has 0 atom stereocenters. The summed E-state index contributed by atoms with van der Waals surface area (Å²) in [6.45, 7) is 2.10. The van der Waals surface area contributed by atoms with Gasteiger partial charge in [-0.3, -0.25) is 4.79 Å². The molecule has 3 amide bonds. The molecule has 0 saturated carbocycles. The summed E-state index contributed by atoms with van der Waals surface area (Å²) in [4.78, 5) is 37.4. The lowest BCUT2D eigenvalue weighted by atomic mass is 10.2. The summed E-state index contributed by atoms with van der Waals surface area (Å²) in [6, 6.07) is 18.9. The van der Waals surface area contributed by atoms with Crippen LogP contribution in [0.1, 0.15) is 30.4 Å². The third kappa shape index (κ3) is 11.3. The molecule has 0 aromatic heterocycles. The number of alkyl carbamates (subject to hydrolysis) is 1. The third-order valence-corrected chi connectivity index (χ3v) is 4.91. The Bertz CT molecular complexity index is 864. The molecule has 0 aliphatic rings. The van der Waals surface area contributed by atoms with Gasteiger partial charge in [0, 0.05) is 26.2 Å². The van der Waals surface area contributed by atoms with Crippen LogP contribution >= 0.6 is 0 Å². The predicted molar refractivity (Wildman–Crippen MR) is 129 cm³/mol. The standard InChI is InChI=1S/C25H34N4O5/c26-18-23(30)27-14-7-8-16-29(25(32)34-20-22-12-5-2-6-13-22)17-9-15-28-24(31)33-19-21-10-3-1-4-11-21/h1-6,10-13H,7-9,14-20,26H2,(H,27,30)(H,28,31). The number of carbonyl (C=O) groups is 3. The first kappa shape index (κ1) is 26.7. The minimum absolute atomic E-state index is 0.0429. The van der Waals surface area contributed by atoms with Crippen LogP contribution in [0, 0.1) is 0 Å². The Morgan fingerprint density at radius 1 is 0.735 bits per heavy atom. The zero-order chi connectivity index (χ0) is 24.4. The second-order valence-corrected chi connectivity index (χ2v) is 7.63. The molecule has 0 bridgehead atoms. The van der Waals surface area contributed by atoms with E-state index in [1.807, 2.05) is 60.7 Å². The fraction of sp³-hybridized carbons (Fsp3) is 0.400. The van der Waals surface area contributed by atoms with Crippen LogP contribution in [0.15, 0.2) is 60.7 Å². The number of ether oxygens (including phenoxy) is 2. The molecule has 0 heterocycles. The van der Waals surface area contributed by atoms with Gasteiger partial charge in [0.15, 0.2) is 0 Å². The molecule has 184 valence electrons. The van der Waals surface area contributed by atoms with E-state index in [1.165, 1.54) is 0 Å². The maximum absolute atomic E-state index is 12.6. The van der Waals surface area contributed by atoms with Gasteiger partial charge in [-0.05, 0) is 30.4 Å². The highest BCUT2D eigenvalue weighted by Crippen LogP contribution is 2.06. The number of nitrogens with two attached hydrogens (primary N) is 1. The van der Waals surface area contributed by atoms with E-state index < -0.39 is 12.2 Å². The van der Waals surface area contributed by atoms with Gasteiger partial charge in [-0.1, -0.05) is 60.7 Å². The summed E-state index contributed by atoms with van der Waals surface area (Å²) < 4.78 is 10.6. The number of unbranched alkanes of at least 4 members (excludes halogenated alkanes) is 1. The molecule has 2 rings (SSSR count). The maximum Gasteiger partial charge on any atom is 0.410 e. The van der Waals surface area contributed by atoms with Gasteiger partial charge in [-0.2, -0.15) is 0 Å². The summed E-state index contributed by atoms with van der Waals surface area (Å²) in [5.41, 5.74) is 7.09. The van der Waals surface area contributed by atoms with Gasteiger partial charge >= 0.3 is 12.2 Å². The lowest BCUT2D eigenvalue weighted by Gasteiger charge is -2.22. The van der Waals surface area contributed by atoms with Gasteiger partial charge in [0.05, 0.1) is 6.54 Å². The van der Waals surface area contributed by atoms with Gasteiger partial charge in [-0.25, -0.2) is 9.59 Å². The van der Waals surface area contributed by atoms with Crippen molar-refractivity contribution in [1.82, 2.24) is 15.5 Å². The van der Waals surface area contributed by atoms with Crippen molar-refractivity contribution < 1.29 is 23.9 Å². The lowest BCUT2D eigenvalue weighted by molar-refractivity contribution is -0.119. The van der Waals surface area contributed by atoms with E-state index in [0.29, 0.717) is 45.4 Å². The Hall–Kier alpha value is -3.59. The SMILES string of the molecule is NCC(=O)NCCCCN(CCCNC(=O)OCc1ccccc1)C(=O)OCc1ccccc1. The molecular weight excluding hydrogens is 436 g/mol. The third-order valence-electron chi connectivity index (χ3n) is 4.91. The molecule has 0 saturated heterocycles. The highest BCUT2D eigenvalue weighted by atomic mass is 16.6. The molecule has 2 aromatic rings. The summed E-state index contributed by atoms with van der Waals surface area (Å²) in [5.74, 6) is -0.204. The Balaban J connectivity index is 1.72. The number of amides is 3. The average molecular weight is 471 g/mol. The smallest absolute Gasteiger partial charge is 0.410 e. The zero-order valence-electron chi connectivity index (χ0n) is 19.4. The summed E-state index contributed by atoms with van der Waals surface area (Å²) in [5, 5.41) is 5.41. The molecule has 0 spiro atoms. The molecule has 9 nitrogen and oxygen atoms in total. The molecule has 0 radical (unpaired) electrons. The Morgan fingerprint density at radius 3 is 1.91 bits per heavy atom. The molecule has 0 aliphatic carbocycles. The molecule has 0 unspecified atom stereocenters. The van der Waals surface area contributed by atoms with Crippen LogP contribution in [-0.2, 0) is 27.5 Å². The minimum Gasteiger partial charge on any atom is -0.445 e. The van der Waals surface area contributed by atoms with Gasteiger partial charge in [0.1, 0.15) is 13.2 Å². The van der Waals surface area contributed by atoms with Crippen molar-refractivity contribution in [3.05, 3.63) is 71.8 Å². The van der Waals surface area contributed by atoms with E-state index in [1.54, 1.807) is 4.90 Å². The summed E-state index contributed by atoms with van der Waals surface area (Å²) >= 11 is 0. The zero-order valence-corrected chi connectivity index (χ0v) is 19.4. The van der Waals surface area contributed by atoms with Crippen LogP contribution in [0.2, 0.25) is 0 Å². The van der Waals surface area contributed by atoms with E-state index in [2.05, 4.69) is 10.6 Å². The molecule has 4 N–H and O–H groups in total. The molecular formula is C25H34N4O5. The van der Waals surface area contributed by atoms with Crippen molar-refractivity contribution in [3.8, 4) is 0 Å². The van der Waals surface area contributed by atoms with Gasteiger partial charge < -0.3 is 30.7 Å². The number of hydrogen-bond donors (Lipinski definition) is 3. The average Bonchev–Trinajstić information content (AvgIpc) is 2.88. The quantitative estimate of drug-likeness (QED) is 0.365. The van der Waals surface area contributed by atoms with Gasteiger partial charge in [0.2, 0.25) is 5.91 Å². The normalized spacial score (nSPS) is 10.3. The minimum atomic E-state index is -0.502. The number of rotatable bonds is 14. The largest absolute Gasteiger partial charge is 0.445 e. The highest BCUT2D eigenvalue weighted by Gasteiger charge is 2.15. The van der Waals surface area contributed by atoms with E-state index in [-0.39, 0.29) is 25.7 Å². The molecule has 9 heteroatoms. The van der Waals surface area contributed by atoms with Crippen molar-refractivity contribution >= 4 is 18.1 Å². The fourth-order valence-electron chi connectivity index (χ4n) is 3.07. The van der Waals surface area contributed by atoms with Crippen molar-refractivity contribution in [2.45, 2.75) is 32.5 Å². The molecule has 0 fully saturated rings. The first-order valence-electron chi connectivity index (χ1n) is 11.5. The van der Waals surface area contributed by atoms with Crippen LogP contribution in [0.4, 0.5) is 9.59 Å². The summed E-state index contributed by atoms with van der Waals surface area (Å²) in [6.07, 6.45) is 1.03. The van der Waals surface area contributed by atoms with Crippen LogP contribution < -0.4 is 16.4 Å². The fourth-order valence-corrected chi connectivity index (χ4v) is 3.07. The van der Waals surface area contributed by atoms with Crippen LogP contribution in [0.25, 0.3) is 0 Å². The Kier molecular flexibility index (Phi) is 12.6. The number of carbonyl (C=O) groups excluding carboxylic acids is 3. The van der Waals surface area contributed by atoms with Crippen LogP contribution in [0.3, 0.4) is 0 Å². The monoisotopic (exact) mass is 470 g/mol. The molecule has 2 aromatic carbocycles. The van der Waals surface area contributed by atoms with E-state index in [9.17, 15) is 14.4 Å². The molecule has 34 heavy (non-hydrogen) atoms.